The minimum absolute atomic E-state index is 0.0312. The number of benzene rings is 1. The quantitative estimate of drug-likeness (QED) is 0.684. The summed E-state index contributed by atoms with van der Waals surface area (Å²) in [5.74, 6) is 2.00. The van der Waals surface area contributed by atoms with Crippen LogP contribution in [0.4, 0.5) is 0 Å². The van der Waals surface area contributed by atoms with Crippen LogP contribution in [0.1, 0.15) is 42.8 Å². The Kier molecular flexibility index (Phi) is 5.15. The third-order valence-corrected chi connectivity index (χ3v) is 7.30. The minimum Gasteiger partial charge on any atom is -0.497 e. The van der Waals surface area contributed by atoms with Crippen LogP contribution in [0.2, 0.25) is 0 Å². The van der Waals surface area contributed by atoms with Crippen LogP contribution < -0.4 is 10.1 Å². The monoisotopic (exact) mass is 397 g/mol. The van der Waals surface area contributed by atoms with Gasteiger partial charge in [-0.2, -0.15) is 5.10 Å². The molecule has 0 unspecified atom stereocenters. The van der Waals surface area contributed by atoms with Crippen molar-refractivity contribution in [1.29, 1.82) is 0 Å². The van der Waals surface area contributed by atoms with Gasteiger partial charge in [0.15, 0.2) is 0 Å². The summed E-state index contributed by atoms with van der Waals surface area (Å²) in [6.07, 6.45) is 3.51. The summed E-state index contributed by atoms with van der Waals surface area (Å²) in [7, 11) is 3.59. The van der Waals surface area contributed by atoms with Crippen molar-refractivity contribution >= 4 is 27.5 Å². The van der Waals surface area contributed by atoms with E-state index in [4.69, 9.17) is 4.74 Å². The normalized spacial score (nSPS) is 22.4. The molecule has 1 N–H and O–H groups in total. The van der Waals surface area contributed by atoms with E-state index in [1.165, 1.54) is 24.2 Å². The second-order valence-electron chi connectivity index (χ2n) is 7.88. The van der Waals surface area contributed by atoms with Gasteiger partial charge in [0.1, 0.15) is 16.3 Å². The predicted octanol–water partition coefficient (Wildman–Crippen LogP) is 4.86. The largest absolute Gasteiger partial charge is 0.497 e. The molecular weight excluding hydrogens is 370 g/mol. The first-order chi connectivity index (χ1) is 13.5. The highest BCUT2D eigenvalue weighted by Gasteiger charge is 2.29. The van der Waals surface area contributed by atoms with Crippen molar-refractivity contribution in [1.82, 2.24) is 15.1 Å². The molecule has 28 heavy (non-hydrogen) atoms. The summed E-state index contributed by atoms with van der Waals surface area (Å²) < 4.78 is 7.20. The van der Waals surface area contributed by atoms with Gasteiger partial charge in [-0.1, -0.05) is 38.8 Å². The third kappa shape index (κ3) is 3.41. The summed E-state index contributed by atoms with van der Waals surface area (Å²) in [5.41, 5.74) is 1.87. The second-order valence-corrected chi connectivity index (χ2v) is 8.91. The second kappa shape index (κ2) is 7.59. The van der Waals surface area contributed by atoms with E-state index in [0.717, 1.165) is 38.5 Å². The van der Waals surface area contributed by atoms with Crippen molar-refractivity contribution in [3.05, 3.63) is 35.2 Å². The fourth-order valence-corrected chi connectivity index (χ4v) is 5.14. The number of nitrogens with zero attached hydrogens (tertiary/aromatic N) is 2. The van der Waals surface area contributed by atoms with E-state index in [1.54, 1.807) is 7.11 Å². The van der Waals surface area contributed by atoms with Crippen LogP contribution in [-0.2, 0) is 7.05 Å². The minimum atomic E-state index is 0.0312. The molecule has 2 aromatic heterocycles. The fraction of sp³-hybridized carbons (Fsp3) is 0.455. The molecule has 1 amide bonds. The average Bonchev–Trinajstić information content (AvgIpc) is 3.26. The van der Waals surface area contributed by atoms with Crippen LogP contribution >= 0.6 is 11.3 Å². The van der Waals surface area contributed by atoms with Gasteiger partial charge in [-0.15, -0.1) is 11.3 Å². The highest BCUT2D eigenvalue weighted by atomic mass is 32.1. The molecule has 4 rings (SSSR count). The molecule has 0 saturated heterocycles. The lowest BCUT2D eigenvalue weighted by atomic mass is 9.78. The number of thiophene rings is 1. The van der Waals surface area contributed by atoms with E-state index in [2.05, 4.69) is 24.3 Å². The number of amides is 1. The Balaban J connectivity index is 1.63. The highest BCUT2D eigenvalue weighted by Crippen LogP contribution is 2.35. The molecular formula is C22H27N3O2S. The zero-order valence-corrected chi connectivity index (χ0v) is 17.7. The first-order valence-electron chi connectivity index (χ1n) is 9.89. The van der Waals surface area contributed by atoms with Crippen LogP contribution in [0, 0.1) is 11.8 Å². The summed E-state index contributed by atoms with van der Waals surface area (Å²) in [4.78, 5) is 14.7. The van der Waals surface area contributed by atoms with E-state index in [0.29, 0.717) is 11.8 Å². The Morgan fingerprint density at radius 2 is 2.11 bits per heavy atom. The van der Waals surface area contributed by atoms with E-state index in [-0.39, 0.29) is 11.9 Å². The smallest absolute Gasteiger partial charge is 0.261 e. The topological polar surface area (TPSA) is 56.2 Å². The van der Waals surface area contributed by atoms with Gasteiger partial charge in [-0.25, -0.2) is 0 Å². The number of carbonyl (C=O) groups is 1. The Bertz CT molecular complexity index is 1010. The maximum atomic E-state index is 12.9. The van der Waals surface area contributed by atoms with E-state index < -0.39 is 0 Å². The lowest BCUT2D eigenvalue weighted by Gasteiger charge is -2.34. The standard InChI is InChI=1S/C22H27N3O2S/c1-13-7-5-10-18(14(13)2)23-21(26)19-12-17-20(24-25(3)22(17)28-19)15-8-6-9-16(11-15)27-4/h6,8-9,11-14,18H,5,7,10H2,1-4H3,(H,23,26)/t13-,14-,18-/m1/s1. The number of aryl methyl sites for hydroxylation is 1. The molecule has 1 aromatic carbocycles. The number of fused-ring (bicyclic) bond motifs is 1. The van der Waals surface area contributed by atoms with Crippen molar-refractivity contribution in [2.24, 2.45) is 18.9 Å². The molecule has 0 radical (unpaired) electrons. The Morgan fingerprint density at radius 1 is 1.29 bits per heavy atom. The van der Waals surface area contributed by atoms with Crippen LogP contribution in [0.15, 0.2) is 30.3 Å². The number of hydrogen-bond acceptors (Lipinski definition) is 4. The molecule has 3 atom stereocenters. The predicted molar refractivity (Wildman–Crippen MR) is 114 cm³/mol. The highest BCUT2D eigenvalue weighted by molar-refractivity contribution is 7.20. The third-order valence-electron chi connectivity index (χ3n) is 6.10. The lowest BCUT2D eigenvalue weighted by molar-refractivity contribution is 0.0895. The molecule has 148 valence electrons. The van der Waals surface area contributed by atoms with Crippen LogP contribution in [0.5, 0.6) is 5.75 Å². The Morgan fingerprint density at radius 3 is 2.89 bits per heavy atom. The van der Waals surface area contributed by atoms with E-state index in [1.807, 2.05) is 42.1 Å². The first-order valence-corrected chi connectivity index (χ1v) is 10.7. The van der Waals surface area contributed by atoms with Gasteiger partial charge in [-0.05, 0) is 36.5 Å². The number of methoxy groups -OCH3 is 1. The van der Waals surface area contributed by atoms with Crippen molar-refractivity contribution in [2.45, 2.75) is 39.2 Å². The van der Waals surface area contributed by atoms with Gasteiger partial charge in [0.2, 0.25) is 0 Å². The molecule has 1 fully saturated rings. The van der Waals surface area contributed by atoms with Crippen LogP contribution in [0.3, 0.4) is 0 Å². The molecule has 1 saturated carbocycles. The number of nitrogens with one attached hydrogen (secondary N) is 1. The Hall–Kier alpha value is -2.34. The van der Waals surface area contributed by atoms with Crippen molar-refractivity contribution in [3.8, 4) is 17.0 Å². The average molecular weight is 398 g/mol. The fourth-order valence-electron chi connectivity index (χ4n) is 4.16. The van der Waals surface area contributed by atoms with Gasteiger partial charge in [-0.3, -0.25) is 9.48 Å². The molecule has 6 heteroatoms. The number of carbonyl (C=O) groups excluding carboxylic acids is 1. The maximum absolute atomic E-state index is 12.9. The zero-order valence-electron chi connectivity index (χ0n) is 16.9. The van der Waals surface area contributed by atoms with E-state index >= 15 is 0 Å². The maximum Gasteiger partial charge on any atom is 0.261 e. The lowest BCUT2D eigenvalue weighted by Crippen LogP contribution is -2.43. The summed E-state index contributed by atoms with van der Waals surface area (Å²) in [6, 6.07) is 10.1. The number of ether oxygens (including phenoxy) is 1. The zero-order chi connectivity index (χ0) is 19.8. The summed E-state index contributed by atoms with van der Waals surface area (Å²) in [5, 5.41) is 8.97. The van der Waals surface area contributed by atoms with Gasteiger partial charge in [0, 0.05) is 24.0 Å². The molecule has 0 bridgehead atoms. The van der Waals surface area contributed by atoms with Crippen molar-refractivity contribution in [2.75, 3.05) is 7.11 Å². The number of hydrogen-bond donors (Lipinski definition) is 1. The van der Waals surface area contributed by atoms with Crippen LogP contribution in [0.25, 0.3) is 21.5 Å². The first kappa shape index (κ1) is 19.0. The molecule has 3 aromatic rings. The van der Waals surface area contributed by atoms with Gasteiger partial charge >= 0.3 is 0 Å². The molecule has 0 spiro atoms. The summed E-state index contributed by atoms with van der Waals surface area (Å²) in [6.45, 7) is 4.54. The van der Waals surface area contributed by atoms with Gasteiger partial charge < -0.3 is 10.1 Å². The molecule has 1 aliphatic carbocycles. The van der Waals surface area contributed by atoms with Crippen molar-refractivity contribution in [3.63, 3.8) is 0 Å². The molecule has 2 heterocycles. The molecule has 5 nitrogen and oxygen atoms in total. The SMILES string of the molecule is COc1cccc(-c2nn(C)c3sc(C(=O)N[C@@H]4CCC[C@@H](C)[C@H]4C)cc23)c1. The Labute approximate surface area is 169 Å². The number of aromatic nitrogens is 2. The van der Waals surface area contributed by atoms with Gasteiger partial charge in [0.05, 0.1) is 12.0 Å². The number of rotatable bonds is 4. The summed E-state index contributed by atoms with van der Waals surface area (Å²) >= 11 is 1.51. The van der Waals surface area contributed by atoms with Crippen molar-refractivity contribution < 1.29 is 9.53 Å². The van der Waals surface area contributed by atoms with E-state index in [9.17, 15) is 4.79 Å². The molecule has 1 aliphatic rings. The van der Waals surface area contributed by atoms with Crippen LogP contribution in [-0.4, -0.2) is 28.8 Å². The van der Waals surface area contributed by atoms with Gasteiger partial charge in [0.25, 0.3) is 5.91 Å². The molecule has 0 aliphatic heterocycles.